The Morgan fingerprint density at radius 1 is 0.902 bits per heavy atom. The van der Waals surface area contributed by atoms with Gasteiger partial charge in [0.15, 0.2) is 0 Å². The Morgan fingerprint density at radius 2 is 1.76 bits per heavy atom. The Morgan fingerprint density at radius 3 is 2.71 bits per heavy atom. The number of nitrogens with one attached hydrogen (secondary N) is 1. The summed E-state index contributed by atoms with van der Waals surface area (Å²) < 4.78 is 0. The lowest BCUT2D eigenvalue weighted by molar-refractivity contribution is -0.0894. The second-order valence-corrected chi connectivity index (χ2v) is 13.5. The average molecular weight is 549 g/mol. The molecule has 3 bridgehead atoms. The summed E-state index contributed by atoms with van der Waals surface area (Å²) in [4.78, 5) is 14.4. The van der Waals surface area contributed by atoms with Crippen LogP contribution in [-0.2, 0) is 0 Å². The van der Waals surface area contributed by atoms with Crippen LogP contribution < -0.4 is 0 Å². The second-order valence-electron chi connectivity index (χ2n) is 13.5. The molecule has 0 saturated carbocycles. The fourth-order valence-corrected chi connectivity index (χ4v) is 9.59. The number of piperidine rings is 1. The molecule has 1 aromatic carbocycles. The Balaban J connectivity index is 1.35. The van der Waals surface area contributed by atoms with Crippen LogP contribution in [-0.4, -0.2) is 68.7 Å². The topological polar surface area (TPSA) is 55.4 Å². The summed E-state index contributed by atoms with van der Waals surface area (Å²) in [6.45, 7) is 4.47. The molecule has 1 spiro atoms. The SMILES string of the molecule is O[C@]12C=C(c3nccc4c3[nH]c3ccccc34)[C@@H]3CCN(CCCCC=CCC1)C[C@@]31C[C@H]3C=CCCCCN3C12. The maximum Gasteiger partial charge on any atom is 0.0998 e. The van der Waals surface area contributed by atoms with Crippen LogP contribution in [0.25, 0.3) is 27.4 Å². The zero-order valence-corrected chi connectivity index (χ0v) is 24.3. The molecule has 5 nitrogen and oxygen atoms in total. The molecular formula is C36H44N4O. The maximum atomic E-state index is 13.1. The normalized spacial score (nSPS) is 36.1. The van der Waals surface area contributed by atoms with Crippen molar-refractivity contribution in [2.75, 3.05) is 26.2 Å². The van der Waals surface area contributed by atoms with Gasteiger partial charge in [-0.2, -0.15) is 0 Å². The molecule has 4 aliphatic heterocycles. The maximum absolute atomic E-state index is 13.1. The first-order valence-electron chi connectivity index (χ1n) is 16.3. The van der Waals surface area contributed by atoms with Gasteiger partial charge < -0.3 is 15.0 Å². The summed E-state index contributed by atoms with van der Waals surface area (Å²) in [5.74, 6) is 0.385. The molecule has 2 unspecified atom stereocenters. The van der Waals surface area contributed by atoms with E-state index in [-0.39, 0.29) is 11.5 Å². The van der Waals surface area contributed by atoms with E-state index in [2.05, 4.69) is 75.5 Å². The monoisotopic (exact) mass is 548 g/mol. The molecule has 2 fully saturated rings. The standard InChI is InChI=1S/C36H44N4O/c41-36-18-10-4-1-2-5-11-20-39-22-17-30(35(25-39)23-26-13-7-3-6-12-21-40(26)34(35)36)29(24-36)32-33-28(16-19-37-32)27-14-8-9-15-31(27)38-33/h1,4,7-9,13-16,19,24,26,30,34,38,41H,2-3,5-6,10-12,17-18,20-23,25H2/t26-,30+,34?,35+,36+/m1/s1. The Bertz CT molecular complexity index is 1530. The highest BCUT2D eigenvalue weighted by atomic mass is 16.3. The van der Waals surface area contributed by atoms with Gasteiger partial charge in [-0.3, -0.25) is 9.88 Å². The predicted molar refractivity (Wildman–Crippen MR) is 168 cm³/mol. The highest BCUT2D eigenvalue weighted by Crippen LogP contribution is 2.61. The van der Waals surface area contributed by atoms with Crippen molar-refractivity contribution in [1.29, 1.82) is 0 Å². The van der Waals surface area contributed by atoms with E-state index in [1.54, 1.807) is 0 Å². The Labute approximate surface area is 244 Å². The van der Waals surface area contributed by atoms with Gasteiger partial charge in [0.25, 0.3) is 0 Å². The first-order chi connectivity index (χ1) is 20.2. The van der Waals surface area contributed by atoms with Gasteiger partial charge in [-0.05, 0) is 114 Å². The Kier molecular flexibility index (Phi) is 6.46. The molecule has 5 heteroatoms. The number of aromatic nitrogens is 2. The first-order valence-corrected chi connectivity index (χ1v) is 16.3. The highest BCUT2D eigenvalue weighted by Gasteiger charge is 2.65. The molecule has 41 heavy (non-hydrogen) atoms. The molecule has 6 atom stereocenters. The van der Waals surface area contributed by atoms with E-state index < -0.39 is 5.60 Å². The smallest absolute Gasteiger partial charge is 0.0998 e. The van der Waals surface area contributed by atoms with Crippen molar-refractivity contribution in [1.82, 2.24) is 19.8 Å². The number of aliphatic hydroxyl groups is 1. The van der Waals surface area contributed by atoms with Crippen LogP contribution in [0.15, 0.2) is 66.9 Å². The number of allylic oxidation sites excluding steroid dienone is 4. The van der Waals surface area contributed by atoms with E-state index in [0.717, 1.165) is 68.5 Å². The van der Waals surface area contributed by atoms with E-state index in [9.17, 15) is 5.11 Å². The summed E-state index contributed by atoms with van der Waals surface area (Å²) in [6, 6.07) is 11.3. The molecular weight excluding hydrogens is 504 g/mol. The van der Waals surface area contributed by atoms with Crippen LogP contribution in [0.4, 0.5) is 0 Å². The van der Waals surface area contributed by atoms with Crippen molar-refractivity contribution in [2.24, 2.45) is 11.3 Å². The number of hydrogen-bond donors (Lipinski definition) is 2. The highest BCUT2D eigenvalue weighted by molar-refractivity contribution is 6.09. The van der Waals surface area contributed by atoms with Gasteiger partial charge in [-0.15, -0.1) is 0 Å². The summed E-state index contributed by atoms with van der Waals surface area (Å²) >= 11 is 0. The minimum absolute atomic E-state index is 0.00403. The number of para-hydroxylation sites is 1. The van der Waals surface area contributed by atoms with Gasteiger partial charge in [-0.25, -0.2) is 0 Å². The predicted octanol–water partition coefficient (Wildman–Crippen LogP) is 6.86. The number of hydrogen-bond acceptors (Lipinski definition) is 4. The number of fused-ring (bicyclic) bond motifs is 5. The molecule has 0 amide bonds. The number of nitrogens with zero attached hydrogens (tertiary/aromatic N) is 3. The van der Waals surface area contributed by atoms with Gasteiger partial charge >= 0.3 is 0 Å². The molecule has 2 aromatic heterocycles. The summed E-state index contributed by atoms with van der Waals surface area (Å²) in [7, 11) is 0. The van der Waals surface area contributed by atoms with Gasteiger partial charge in [0, 0.05) is 40.5 Å². The van der Waals surface area contributed by atoms with E-state index in [1.807, 2.05) is 6.20 Å². The number of H-pyrrole nitrogens is 1. The molecule has 0 radical (unpaired) electrons. The van der Waals surface area contributed by atoms with E-state index in [0.29, 0.717) is 12.0 Å². The van der Waals surface area contributed by atoms with E-state index in [4.69, 9.17) is 4.98 Å². The zero-order chi connectivity index (χ0) is 27.4. The minimum Gasteiger partial charge on any atom is -0.384 e. The van der Waals surface area contributed by atoms with Crippen molar-refractivity contribution >= 4 is 27.4 Å². The number of pyridine rings is 1. The quantitative estimate of drug-likeness (QED) is 0.326. The Hall–Kier alpha value is -2.73. The summed E-state index contributed by atoms with van der Waals surface area (Å²) in [5, 5.41) is 15.5. The van der Waals surface area contributed by atoms with Crippen molar-refractivity contribution in [2.45, 2.75) is 81.9 Å². The number of rotatable bonds is 1. The summed E-state index contributed by atoms with van der Waals surface area (Å²) in [5.41, 5.74) is 3.74. The number of aromatic amines is 1. The van der Waals surface area contributed by atoms with Gasteiger partial charge in [0.2, 0.25) is 0 Å². The third kappa shape index (κ3) is 4.18. The van der Waals surface area contributed by atoms with Crippen LogP contribution >= 0.6 is 0 Å². The van der Waals surface area contributed by atoms with Crippen LogP contribution in [0.5, 0.6) is 0 Å². The lowest BCUT2D eigenvalue weighted by Gasteiger charge is -2.58. The van der Waals surface area contributed by atoms with Crippen LogP contribution in [0.3, 0.4) is 0 Å². The minimum atomic E-state index is -0.898. The molecule has 3 aromatic rings. The van der Waals surface area contributed by atoms with Gasteiger partial charge in [-0.1, -0.05) is 42.5 Å². The summed E-state index contributed by atoms with van der Waals surface area (Å²) in [6.07, 6.45) is 25.2. The van der Waals surface area contributed by atoms with Gasteiger partial charge in [0.1, 0.15) is 0 Å². The fraction of sp³-hybridized carbons (Fsp3) is 0.528. The zero-order valence-electron chi connectivity index (χ0n) is 24.3. The largest absolute Gasteiger partial charge is 0.384 e. The molecule has 6 heterocycles. The second kappa shape index (κ2) is 10.2. The van der Waals surface area contributed by atoms with E-state index in [1.165, 1.54) is 55.0 Å². The van der Waals surface area contributed by atoms with Crippen molar-refractivity contribution < 1.29 is 5.11 Å². The third-order valence-corrected chi connectivity index (χ3v) is 11.2. The molecule has 214 valence electrons. The van der Waals surface area contributed by atoms with Crippen molar-refractivity contribution in [3.8, 4) is 0 Å². The molecule has 5 aliphatic rings. The third-order valence-electron chi connectivity index (χ3n) is 11.2. The first kappa shape index (κ1) is 25.9. The molecule has 2 N–H and O–H groups in total. The lowest BCUT2D eigenvalue weighted by atomic mass is 9.54. The van der Waals surface area contributed by atoms with Crippen molar-refractivity contribution in [3.63, 3.8) is 0 Å². The van der Waals surface area contributed by atoms with Gasteiger partial charge in [0.05, 0.1) is 22.9 Å². The van der Waals surface area contributed by atoms with Crippen LogP contribution in [0.1, 0.15) is 69.9 Å². The average Bonchev–Trinajstić information content (AvgIpc) is 3.49. The van der Waals surface area contributed by atoms with E-state index >= 15 is 0 Å². The van der Waals surface area contributed by atoms with Crippen molar-refractivity contribution in [3.05, 3.63) is 72.6 Å². The molecule has 2 saturated heterocycles. The number of benzene rings is 1. The van der Waals surface area contributed by atoms with Crippen LogP contribution in [0.2, 0.25) is 0 Å². The lowest BCUT2D eigenvalue weighted by Crippen LogP contribution is -2.65. The van der Waals surface area contributed by atoms with Crippen LogP contribution in [0, 0.1) is 11.3 Å². The molecule has 1 aliphatic carbocycles. The molecule has 8 rings (SSSR count). The fourth-order valence-electron chi connectivity index (χ4n) is 9.59.